The summed E-state index contributed by atoms with van der Waals surface area (Å²) in [5, 5.41) is 46.4. The molecule has 7 N–H and O–H groups in total. The summed E-state index contributed by atoms with van der Waals surface area (Å²) in [5.41, 5.74) is 6.90. The van der Waals surface area contributed by atoms with Gasteiger partial charge in [-0.15, -0.1) is 0 Å². The summed E-state index contributed by atoms with van der Waals surface area (Å²) >= 11 is 0. The van der Waals surface area contributed by atoms with E-state index in [9.17, 15) is 39.3 Å². The fourth-order valence-electron chi connectivity index (χ4n) is 3.79. The lowest BCUT2D eigenvalue weighted by molar-refractivity contribution is -0.144. The van der Waals surface area contributed by atoms with E-state index in [4.69, 9.17) is 15.9 Å². The quantitative estimate of drug-likeness (QED) is 0.128. The number of anilines is 1. The molecule has 0 radical (unpaired) electrons. The predicted molar refractivity (Wildman–Crippen MR) is 126 cm³/mol. The van der Waals surface area contributed by atoms with Gasteiger partial charge in [-0.25, -0.2) is 0 Å². The molecule has 2 unspecified atom stereocenters. The number of nitrogen functional groups attached to an aromatic ring is 1. The fourth-order valence-corrected chi connectivity index (χ4v) is 3.79. The molecule has 0 fully saturated rings. The monoisotopic (exact) mass is 512 g/mol. The Hall–Kier alpha value is -3.75. The average Bonchev–Trinajstić information content (AvgIpc) is 2.72. The second kappa shape index (κ2) is 14.6. The predicted octanol–water partition coefficient (Wildman–Crippen LogP) is -1.10. The van der Waals surface area contributed by atoms with Crippen LogP contribution in [-0.2, 0) is 30.4 Å². The van der Waals surface area contributed by atoms with E-state index in [1.54, 1.807) is 31.2 Å². The van der Waals surface area contributed by atoms with Crippen LogP contribution in [0.1, 0.15) is 12.5 Å². The van der Waals surface area contributed by atoms with Gasteiger partial charge >= 0.3 is 29.8 Å². The third-order valence-electron chi connectivity index (χ3n) is 5.29. The molecule has 1 aromatic carbocycles. The summed E-state index contributed by atoms with van der Waals surface area (Å²) in [7, 11) is 0. The van der Waals surface area contributed by atoms with Crippen LogP contribution in [0.2, 0.25) is 0 Å². The summed E-state index contributed by atoms with van der Waals surface area (Å²) in [6.45, 7) is -1.55. The van der Waals surface area contributed by atoms with E-state index >= 15 is 0 Å². The third-order valence-corrected chi connectivity index (χ3v) is 5.29. The highest BCUT2D eigenvalue weighted by atomic mass is 16.4. The number of hydrogen-bond acceptors (Lipinski definition) is 9. The minimum Gasteiger partial charge on any atom is -0.480 e. The summed E-state index contributed by atoms with van der Waals surface area (Å²) in [6.07, 6.45) is 0.166. The van der Waals surface area contributed by atoms with Gasteiger partial charge in [0.05, 0.1) is 32.7 Å². The van der Waals surface area contributed by atoms with E-state index in [1.807, 2.05) is 0 Å². The van der Waals surface area contributed by atoms with Crippen LogP contribution in [0, 0.1) is 0 Å². The van der Waals surface area contributed by atoms with Crippen molar-refractivity contribution in [3.8, 4) is 0 Å². The van der Waals surface area contributed by atoms with Crippen molar-refractivity contribution >= 4 is 35.5 Å². The van der Waals surface area contributed by atoms with E-state index in [0.29, 0.717) is 11.3 Å². The van der Waals surface area contributed by atoms with Gasteiger partial charge in [0.15, 0.2) is 0 Å². The minimum absolute atomic E-state index is 0.0704. The largest absolute Gasteiger partial charge is 0.480 e. The van der Waals surface area contributed by atoms with Crippen molar-refractivity contribution in [2.45, 2.75) is 25.4 Å². The second-order valence-corrected chi connectivity index (χ2v) is 8.42. The first kappa shape index (κ1) is 30.3. The molecule has 14 heteroatoms. The topological polar surface area (TPSA) is 222 Å². The lowest BCUT2D eigenvalue weighted by Gasteiger charge is -2.36. The fraction of sp³-hybridized carbons (Fsp3) is 0.500. The van der Waals surface area contributed by atoms with Gasteiger partial charge in [-0.2, -0.15) is 0 Å². The summed E-state index contributed by atoms with van der Waals surface area (Å²) in [4.78, 5) is 60.6. The van der Waals surface area contributed by atoms with Crippen LogP contribution < -0.4 is 5.73 Å². The molecule has 0 aliphatic carbocycles. The molecular weight excluding hydrogens is 480 g/mol. The SMILES string of the molecule is CC(CN(CC(=O)O)CC(Cc1ccc(N)cc1)N(CC(=O)O)CC(=O)O)N(CC(=O)O)CC(=O)O. The van der Waals surface area contributed by atoms with Crippen molar-refractivity contribution in [2.75, 3.05) is 51.5 Å². The molecule has 0 heterocycles. The maximum atomic E-state index is 11.6. The van der Waals surface area contributed by atoms with E-state index in [-0.39, 0.29) is 19.5 Å². The van der Waals surface area contributed by atoms with Crippen molar-refractivity contribution in [3.05, 3.63) is 29.8 Å². The average molecular weight is 513 g/mol. The van der Waals surface area contributed by atoms with Gasteiger partial charge in [-0.3, -0.25) is 38.7 Å². The molecule has 0 aliphatic rings. The van der Waals surface area contributed by atoms with Crippen molar-refractivity contribution < 1.29 is 49.5 Å². The first-order chi connectivity index (χ1) is 16.8. The van der Waals surface area contributed by atoms with Crippen molar-refractivity contribution in [2.24, 2.45) is 0 Å². The van der Waals surface area contributed by atoms with Crippen LogP contribution in [-0.4, -0.2) is 128 Å². The Labute approximate surface area is 207 Å². The molecule has 0 saturated heterocycles. The van der Waals surface area contributed by atoms with Gasteiger partial charge in [-0.1, -0.05) is 12.1 Å². The normalized spacial score (nSPS) is 13.0. The first-order valence-corrected chi connectivity index (χ1v) is 10.9. The Balaban J connectivity index is 3.27. The lowest BCUT2D eigenvalue weighted by atomic mass is 10.0. The number of hydrogen-bond donors (Lipinski definition) is 6. The standard InChI is InChI=1S/C22H32N4O10/c1-14(25(10-19(29)30)11-20(31)32)7-24(9-18(27)28)8-17(6-15-2-4-16(23)5-3-15)26(12-21(33)34)13-22(35)36/h2-5,14,17H,6-13,23H2,1H3,(H,27,28)(H,29,30)(H,31,32)(H,33,34)(H,35,36). The zero-order valence-electron chi connectivity index (χ0n) is 19.8. The lowest BCUT2D eigenvalue weighted by Crippen LogP contribution is -2.53. The van der Waals surface area contributed by atoms with Gasteiger partial charge in [0, 0.05) is 30.9 Å². The van der Waals surface area contributed by atoms with Crippen molar-refractivity contribution in [1.29, 1.82) is 0 Å². The number of nitrogens with zero attached hydrogens (tertiary/aromatic N) is 3. The van der Waals surface area contributed by atoms with Crippen molar-refractivity contribution in [3.63, 3.8) is 0 Å². The van der Waals surface area contributed by atoms with Gasteiger partial charge in [0.1, 0.15) is 0 Å². The van der Waals surface area contributed by atoms with Crippen LogP contribution in [0.5, 0.6) is 0 Å². The Morgan fingerprint density at radius 1 is 0.694 bits per heavy atom. The van der Waals surface area contributed by atoms with Gasteiger partial charge in [0.2, 0.25) is 0 Å². The van der Waals surface area contributed by atoms with E-state index in [1.165, 1.54) is 9.80 Å². The number of carboxylic acid groups (broad SMARTS) is 5. The number of carboxylic acids is 5. The smallest absolute Gasteiger partial charge is 0.317 e. The molecule has 200 valence electrons. The van der Waals surface area contributed by atoms with Crippen LogP contribution in [0.4, 0.5) is 5.69 Å². The molecule has 0 aliphatic heterocycles. The number of aliphatic carboxylic acids is 5. The van der Waals surface area contributed by atoms with Gasteiger partial charge in [-0.05, 0) is 31.0 Å². The summed E-state index contributed by atoms with van der Waals surface area (Å²) in [5.74, 6) is -6.29. The van der Waals surface area contributed by atoms with Gasteiger partial charge in [0.25, 0.3) is 0 Å². The minimum atomic E-state index is -1.27. The molecule has 2 atom stereocenters. The Morgan fingerprint density at radius 3 is 1.53 bits per heavy atom. The number of rotatable bonds is 18. The first-order valence-electron chi connectivity index (χ1n) is 10.9. The zero-order chi connectivity index (χ0) is 27.4. The second-order valence-electron chi connectivity index (χ2n) is 8.42. The number of carbonyl (C=O) groups is 5. The number of nitrogens with two attached hydrogens (primary N) is 1. The van der Waals surface area contributed by atoms with Crippen molar-refractivity contribution in [1.82, 2.24) is 14.7 Å². The summed E-state index contributed by atoms with van der Waals surface area (Å²) < 4.78 is 0. The highest BCUT2D eigenvalue weighted by molar-refractivity contribution is 5.73. The van der Waals surface area contributed by atoms with Crippen LogP contribution in [0.3, 0.4) is 0 Å². The summed E-state index contributed by atoms with van der Waals surface area (Å²) in [6, 6.07) is 5.15. The molecule has 0 aromatic heterocycles. The molecule has 0 amide bonds. The molecule has 36 heavy (non-hydrogen) atoms. The molecule has 0 spiro atoms. The maximum Gasteiger partial charge on any atom is 0.317 e. The third kappa shape index (κ3) is 12.1. The van der Waals surface area contributed by atoms with Crippen LogP contribution >= 0.6 is 0 Å². The Bertz CT molecular complexity index is 892. The van der Waals surface area contributed by atoms with Crippen LogP contribution in [0.15, 0.2) is 24.3 Å². The molecule has 1 rings (SSSR count). The molecular formula is C22H32N4O10. The molecule has 1 aromatic rings. The Morgan fingerprint density at radius 2 is 1.11 bits per heavy atom. The van der Waals surface area contributed by atoms with E-state index < -0.39 is 74.7 Å². The Kier molecular flexibility index (Phi) is 12.3. The molecule has 0 saturated carbocycles. The van der Waals surface area contributed by atoms with E-state index in [0.717, 1.165) is 4.90 Å². The van der Waals surface area contributed by atoms with Crippen LogP contribution in [0.25, 0.3) is 0 Å². The maximum absolute atomic E-state index is 11.6. The molecule has 14 nitrogen and oxygen atoms in total. The zero-order valence-corrected chi connectivity index (χ0v) is 19.8. The molecule has 0 bridgehead atoms. The number of benzene rings is 1. The highest BCUT2D eigenvalue weighted by Gasteiger charge is 2.29. The van der Waals surface area contributed by atoms with Gasteiger partial charge < -0.3 is 31.3 Å². The van der Waals surface area contributed by atoms with E-state index in [2.05, 4.69) is 0 Å². The highest BCUT2D eigenvalue weighted by Crippen LogP contribution is 2.14.